The summed E-state index contributed by atoms with van der Waals surface area (Å²) in [6.07, 6.45) is 3.87. The van der Waals surface area contributed by atoms with Crippen LogP contribution in [0.3, 0.4) is 0 Å². The minimum Gasteiger partial charge on any atom is -0.366 e. The molecule has 0 bridgehead atoms. The van der Waals surface area contributed by atoms with Gasteiger partial charge in [-0.3, -0.25) is 9.20 Å². The predicted octanol–water partition coefficient (Wildman–Crippen LogP) is 3.48. The second kappa shape index (κ2) is 3.95. The highest BCUT2D eigenvalue weighted by atomic mass is 16.1. The third-order valence-corrected chi connectivity index (χ3v) is 4.17. The predicted molar refractivity (Wildman–Crippen MR) is 88.3 cm³/mol. The van der Waals surface area contributed by atoms with Gasteiger partial charge in [0.25, 0.3) is 0 Å². The Morgan fingerprint density at radius 3 is 2.77 bits per heavy atom. The molecular weight excluding hydrogens is 274 g/mol. The molecule has 0 saturated carbocycles. The van der Waals surface area contributed by atoms with Gasteiger partial charge in [0.2, 0.25) is 0 Å². The van der Waals surface area contributed by atoms with Crippen molar-refractivity contribution in [3.63, 3.8) is 0 Å². The van der Waals surface area contributed by atoms with Crippen LogP contribution in [0.5, 0.6) is 0 Å². The summed E-state index contributed by atoms with van der Waals surface area (Å²) in [7, 11) is 0. The molecule has 0 unspecified atom stereocenters. The van der Waals surface area contributed by atoms with Crippen molar-refractivity contribution in [2.24, 2.45) is 0 Å². The summed E-state index contributed by atoms with van der Waals surface area (Å²) in [5.41, 5.74) is 3.85. The lowest BCUT2D eigenvalue weighted by molar-refractivity contribution is 1.27. The highest BCUT2D eigenvalue weighted by Crippen LogP contribution is 2.30. The van der Waals surface area contributed by atoms with Gasteiger partial charge >= 0.3 is 0 Å². The molecule has 104 valence electrons. The van der Waals surface area contributed by atoms with Crippen molar-refractivity contribution in [2.45, 2.75) is 0 Å². The summed E-state index contributed by atoms with van der Waals surface area (Å²) < 4.78 is 2.11. The first kappa shape index (κ1) is 11.5. The molecule has 2 aromatic carbocycles. The van der Waals surface area contributed by atoms with Gasteiger partial charge in [0.05, 0.1) is 16.6 Å². The quantitative estimate of drug-likeness (QED) is 0.443. The number of nitrogens with zero attached hydrogens (tertiary/aromatic N) is 2. The number of benzene rings is 2. The molecule has 0 amide bonds. The highest BCUT2D eigenvalue weighted by Gasteiger charge is 2.13. The fraction of sp³-hybridized carbons (Fsp3) is 0. The number of nitrogens with one attached hydrogen (secondary N) is 1. The Kier molecular flexibility index (Phi) is 2.07. The van der Waals surface area contributed by atoms with Crippen molar-refractivity contribution in [3.8, 4) is 0 Å². The normalized spacial score (nSPS) is 11.8. The SMILES string of the molecule is O=c1ccc2c3cc[nH]cc3n3c4ccccc4nc3c2c1. The maximum Gasteiger partial charge on any atom is 0.179 e. The molecule has 0 atom stereocenters. The number of H-pyrrole nitrogens is 1. The number of hydrogen-bond donors (Lipinski definition) is 1. The molecule has 3 heterocycles. The Morgan fingerprint density at radius 1 is 0.909 bits per heavy atom. The van der Waals surface area contributed by atoms with E-state index in [0.717, 1.165) is 38.4 Å². The van der Waals surface area contributed by atoms with Gasteiger partial charge in [-0.25, -0.2) is 4.98 Å². The fourth-order valence-electron chi connectivity index (χ4n) is 3.23. The van der Waals surface area contributed by atoms with E-state index in [4.69, 9.17) is 4.98 Å². The maximum atomic E-state index is 11.8. The van der Waals surface area contributed by atoms with Crippen LogP contribution in [0.1, 0.15) is 0 Å². The van der Waals surface area contributed by atoms with Crippen molar-refractivity contribution in [3.05, 3.63) is 71.1 Å². The van der Waals surface area contributed by atoms with E-state index in [2.05, 4.69) is 15.5 Å². The minimum absolute atomic E-state index is 0.00306. The van der Waals surface area contributed by atoms with Crippen molar-refractivity contribution in [2.75, 3.05) is 0 Å². The summed E-state index contributed by atoms with van der Waals surface area (Å²) in [5.74, 6) is 0. The molecule has 0 spiro atoms. The van der Waals surface area contributed by atoms with Crippen LogP contribution in [0.2, 0.25) is 0 Å². The Hall–Kier alpha value is -3.14. The monoisotopic (exact) mass is 285 g/mol. The van der Waals surface area contributed by atoms with Crippen molar-refractivity contribution < 1.29 is 0 Å². The molecular formula is C18H11N3O. The Morgan fingerprint density at radius 2 is 1.82 bits per heavy atom. The van der Waals surface area contributed by atoms with Crippen molar-refractivity contribution in [1.82, 2.24) is 14.4 Å². The zero-order valence-corrected chi connectivity index (χ0v) is 11.6. The number of para-hydroxylation sites is 2. The Balaban J connectivity index is 2.26. The average molecular weight is 285 g/mol. The van der Waals surface area contributed by atoms with Crippen LogP contribution in [0.25, 0.3) is 38.4 Å². The summed E-state index contributed by atoms with van der Waals surface area (Å²) in [5, 5.41) is 3.04. The van der Waals surface area contributed by atoms with E-state index in [1.165, 1.54) is 0 Å². The number of hydrogen-bond acceptors (Lipinski definition) is 2. The standard InChI is InChI=1S/C18H11N3O/c22-11-5-6-12-13-7-8-19-10-17(13)21-16-4-2-1-3-15(16)20-18(21)14(12)9-11/h1-10,19H. The molecule has 0 fully saturated rings. The summed E-state index contributed by atoms with van der Waals surface area (Å²) >= 11 is 0. The first-order valence-electron chi connectivity index (χ1n) is 7.13. The van der Waals surface area contributed by atoms with Crippen molar-refractivity contribution in [1.29, 1.82) is 0 Å². The topological polar surface area (TPSA) is 50.2 Å². The van der Waals surface area contributed by atoms with Gasteiger partial charge in [0, 0.05) is 23.2 Å². The van der Waals surface area contributed by atoms with Gasteiger partial charge in [-0.05, 0) is 41.8 Å². The molecule has 5 rings (SSSR count). The number of imidazole rings is 1. The summed E-state index contributed by atoms with van der Waals surface area (Å²) in [4.78, 5) is 19.7. The van der Waals surface area contributed by atoms with Gasteiger partial charge in [0.15, 0.2) is 5.43 Å². The summed E-state index contributed by atoms with van der Waals surface area (Å²) in [6.45, 7) is 0. The first-order chi connectivity index (χ1) is 10.8. The van der Waals surface area contributed by atoms with E-state index >= 15 is 0 Å². The molecule has 22 heavy (non-hydrogen) atoms. The number of aromatic amines is 1. The molecule has 3 aromatic heterocycles. The Labute approximate surface area is 124 Å². The van der Waals surface area contributed by atoms with Crippen LogP contribution in [0, 0.1) is 0 Å². The Bertz CT molecular complexity index is 1250. The van der Waals surface area contributed by atoms with Crippen LogP contribution in [-0.4, -0.2) is 14.4 Å². The zero-order valence-electron chi connectivity index (χ0n) is 11.6. The lowest BCUT2D eigenvalue weighted by Gasteiger charge is -2.08. The molecule has 0 aliphatic rings. The summed E-state index contributed by atoms with van der Waals surface area (Å²) in [6, 6.07) is 15.2. The van der Waals surface area contributed by atoms with Crippen molar-refractivity contribution >= 4 is 38.4 Å². The van der Waals surface area contributed by atoms with E-state index < -0.39 is 0 Å². The number of pyridine rings is 2. The lowest BCUT2D eigenvalue weighted by atomic mass is 10.1. The molecule has 5 aromatic rings. The fourth-order valence-corrected chi connectivity index (χ4v) is 3.23. The highest BCUT2D eigenvalue weighted by molar-refractivity contribution is 6.13. The van der Waals surface area contributed by atoms with Crippen LogP contribution < -0.4 is 5.43 Å². The molecule has 0 saturated heterocycles. The van der Waals surface area contributed by atoms with Gasteiger partial charge in [-0.2, -0.15) is 0 Å². The van der Waals surface area contributed by atoms with Crippen LogP contribution in [-0.2, 0) is 0 Å². The third kappa shape index (κ3) is 1.36. The largest absolute Gasteiger partial charge is 0.366 e. The van der Waals surface area contributed by atoms with E-state index in [-0.39, 0.29) is 5.43 Å². The third-order valence-electron chi connectivity index (χ3n) is 4.17. The average Bonchev–Trinajstić information content (AvgIpc) is 2.95. The zero-order chi connectivity index (χ0) is 14.7. The molecule has 0 radical (unpaired) electrons. The number of aromatic nitrogens is 3. The molecule has 4 heteroatoms. The molecule has 0 aliphatic heterocycles. The molecule has 0 aliphatic carbocycles. The smallest absolute Gasteiger partial charge is 0.179 e. The van der Waals surface area contributed by atoms with E-state index in [1.54, 1.807) is 12.1 Å². The molecule has 4 nitrogen and oxygen atoms in total. The van der Waals surface area contributed by atoms with Gasteiger partial charge in [-0.15, -0.1) is 0 Å². The van der Waals surface area contributed by atoms with Crippen LogP contribution in [0.15, 0.2) is 65.7 Å². The number of fused-ring (bicyclic) bond motifs is 8. The van der Waals surface area contributed by atoms with Gasteiger partial charge < -0.3 is 4.98 Å². The van der Waals surface area contributed by atoms with Gasteiger partial charge in [0.1, 0.15) is 5.65 Å². The van der Waals surface area contributed by atoms with Crippen LogP contribution in [0.4, 0.5) is 0 Å². The first-order valence-corrected chi connectivity index (χ1v) is 7.13. The lowest BCUT2D eigenvalue weighted by Crippen LogP contribution is -1.98. The number of rotatable bonds is 0. The second-order valence-electron chi connectivity index (χ2n) is 5.41. The van der Waals surface area contributed by atoms with E-state index in [9.17, 15) is 4.79 Å². The maximum absolute atomic E-state index is 11.8. The van der Waals surface area contributed by atoms with Crippen LogP contribution >= 0.6 is 0 Å². The van der Waals surface area contributed by atoms with Gasteiger partial charge in [-0.1, -0.05) is 12.1 Å². The second-order valence-corrected chi connectivity index (χ2v) is 5.41. The van der Waals surface area contributed by atoms with E-state index in [1.807, 2.05) is 42.7 Å². The molecule has 1 N–H and O–H groups in total. The minimum atomic E-state index is 0.00306. The van der Waals surface area contributed by atoms with E-state index in [0.29, 0.717) is 0 Å².